The van der Waals surface area contributed by atoms with Crippen LogP contribution >= 0.6 is 0 Å². The lowest BCUT2D eigenvalue weighted by molar-refractivity contribution is -0.0124. The van der Waals surface area contributed by atoms with Gasteiger partial charge in [0.25, 0.3) is 0 Å². The van der Waals surface area contributed by atoms with Crippen molar-refractivity contribution in [1.29, 1.82) is 0 Å². The normalized spacial score (nSPS) is 23.1. The fraction of sp³-hybridized carbons (Fsp3) is 0.929. The fourth-order valence-electron chi connectivity index (χ4n) is 2.16. The van der Waals surface area contributed by atoms with Gasteiger partial charge in [-0.2, -0.15) is 0 Å². The van der Waals surface area contributed by atoms with Gasteiger partial charge in [-0.05, 0) is 48.5 Å². The molecule has 1 atom stereocenters. The van der Waals surface area contributed by atoms with Crippen molar-refractivity contribution < 1.29 is 9.53 Å². The van der Waals surface area contributed by atoms with Gasteiger partial charge in [0.15, 0.2) is 0 Å². The molecule has 4 heteroatoms. The summed E-state index contributed by atoms with van der Waals surface area (Å²) in [6.45, 7) is 17.0. The summed E-state index contributed by atoms with van der Waals surface area (Å²) in [6, 6.07) is 0.202. The van der Waals surface area contributed by atoms with Crippen molar-refractivity contribution in [3.8, 4) is 0 Å². The van der Waals surface area contributed by atoms with Crippen LogP contribution in [0.1, 0.15) is 48.5 Å². The summed E-state index contributed by atoms with van der Waals surface area (Å²) in [5, 5.41) is 0. The topological polar surface area (TPSA) is 32.8 Å². The highest BCUT2D eigenvalue weighted by Gasteiger charge is 2.34. The number of rotatable bonds is 0. The Balaban J connectivity index is 2.60. The summed E-state index contributed by atoms with van der Waals surface area (Å²) >= 11 is 0. The third-order valence-electron chi connectivity index (χ3n) is 3.20. The van der Waals surface area contributed by atoms with E-state index >= 15 is 0 Å². The van der Waals surface area contributed by atoms with Gasteiger partial charge in [0.2, 0.25) is 0 Å². The van der Waals surface area contributed by atoms with Crippen LogP contribution in [0.4, 0.5) is 4.79 Å². The first kappa shape index (κ1) is 15.3. The van der Waals surface area contributed by atoms with Gasteiger partial charge in [0, 0.05) is 31.2 Å². The van der Waals surface area contributed by atoms with Crippen LogP contribution in [0.5, 0.6) is 0 Å². The monoisotopic (exact) mass is 256 g/mol. The van der Waals surface area contributed by atoms with Gasteiger partial charge in [0.05, 0.1) is 0 Å². The molecule has 1 amide bonds. The molecule has 1 aliphatic rings. The number of piperazine rings is 1. The molecule has 106 valence electrons. The number of nitrogens with zero attached hydrogens (tertiary/aromatic N) is 2. The molecule has 0 aromatic carbocycles. The summed E-state index contributed by atoms with van der Waals surface area (Å²) in [7, 11) is 0. The van der Waals surface area contributed by atoms with Gasteiger partial charge in [-0.15, -0.1) is 0 Å². The first-order valence-corrected chi connectivity index (χ1v) is 6.75. The molecule has 4 nitrogen and oxygen atoms in total. The molecule has 1 heterocycles. The second-order valence-electron chi connectivity index (χ2n) is 7.14. The van der Waals surface area contributed by atoms with Crippen molar-refractivity contribution in [2.45, 2.75) is 65.6 Å². The third kappa shape index (κ3) is 4.16. The van der Waals surface area contributed by atoms with Gasteiger partial charge in [-0.25, -0.2) is 4.79 Å². The van der Waals surface area contributed by atoms with E-state index < -0.39 is 5.60 Å². The standard InChI is InChI=1S/C14H28N2O2/c1-11-10-15(13(2,3)4)8-9-16(11)12(17)18-14(5,6)7/h11H,8-10H2,1-7H3/t11-/m0/s1. The molecule has 0 aliphatic carbocycles. The maximum absolute atomic E-state index is 12.1. The molecule has 0 unspecified atom stereocenters. The van der Waals surface area contributed by atoms with Crippen LogP contribution in [0.3, 0.4) is 0 Å². The summed E-state index contributed by atoms with van der Waals surface area (Å²) in [6.07, 6.45) is -0.191. The van der Waals surface area contributed by atoms with E-state index in [-0.39, 0.29) is 17.7 Å². The predicted molar refractivity (Wildman–Crippen MR) is 73.7 cm³/mol. The molecule has 1 aliphatic heterocycles. The van der Waals surface area contributed by atoms with Crippen molar-refractivity contribution in [2.75, 3.05) is 19.6 Å². The third-order valence-corrected chi connectivity index (χ3v) is 3.20. The molecule has 1 saturated heterocycles. The minimum atomic E-state index is -0.419. The highest BCUT2D eigenvalue weighted by molar-refractivity contribution is 5.68. The maximum Gasteiger partial charge on any atom is 0.410 e. The van der Waals surface area contributed by atoms with Crippen molar-refractivity contribution in [1.82, 2.24) is 9.80 Å². The van der Waals surface area contributed by atoms with Crippen LogP contribution in [0.2, 0.25) is 0 Å². The maximum atomic E-state index is 12.1. The van der Waals surface area contributed by atoms with E-state index in [2.05, 4.69) is 32.6 Å². The van der Waals surface area contributed by atoms with Crippen LogP contribution in [0.15, 0.2) is 0 Å². The summed E-state index contributed by atoms with van der Waals surface area (Å²) in [4.78, 5) is 16.3. The first-order chi connectivity index (χ1) is 8.00. The Hall–Kier alpha value is -0.770. The number of carbonyl (C=O) groups excluding carboxylic acids is 1. The SMILES string of the molecule is C[C@H]1CN(C(C)(C)C)CCN1C(=O)OC(C)(C)C. The lowest BCUT2D eigenvalue weighted by atomic mass is 10.0. The zero-order valence-electron chi connectivity index (χ0n) is 12.9. The highest BCUT2D eigenvalue weighted by atomic mass is 16.6. The summed E-state index contributed by atoms with van der Waals surface area (Å²) < 4.78 is 5.44. The molecular weight excluding hydrogens is 228 g/mol. The summed E-state index contributed by atoms with van der Waals surface area (Å²) in [5.41, 5.74) is -0.258. The van der Waals surface area contributed by atoms with Crippen LogP contribution in [-0.4, -0.2) is 52.7 Å². The van der Waals surface area contributed by atoms with Crippen molar-refractivity contribution in [3.63, 3.8) is 0 Å². The average molecular weight is 256 g/mol. The first-order valence-electron chi connectivity index (χ1n) is 6.75. The van der Waals surface area contributed by atoms with E-state index in [0.29, 0.717) is 0 Å². The quantitative estimate of drug-likeness (QED) is 0.668. The highest BCUT2D eigenvalue weighted by Crippen LogP contribution is 2.21. The Morgan fingerprint density at radius 3 is 2.06 bits per heavy atom. The molecule has 0 aromatic heterocycles. The smallest absolute Gasteiger partial charge is 0.410 e. The summed E-state index contributed by atoms with van der Waals surface area (Å²) in [5.74, 6) is 0. The zero-order chi connectivity index (χ0) is 14.1. The molecule has 1 fully saturated rings. The minimum Gasteiger partial charge on any atom is -0.444 e. The van der Waals surface area contributed by atoms with Crippen LogP contribution in [0, 0.1) is 0 Å². The van der Waals surface area contributed by atoms with Crippen LogP contribution < -0.4 is 0 Å². The molecule has 0 spiro atoms. The van der Waals surface area contributed by atoms with Crippen LogP contribution in [-0.2, 0) is 4.74 Å². The number of hydrogen-bond donors (Lipinski definition) is 0. The minimum absolute atomic E-state index is 0.161. The van der Waals surface area contributed by atoms with E-state index in [4.69, 9.17) is 4.74 Å². The van der Waals surface area contributed by atoms with Gasteiger partial charge in [-0.3, -0.25) is 4.90 Å². The molecule has 18 heavy (non-hydrogen) atoms. The van der Waals surface area contributed by atoms with Gasteiger partial charge < -0.3 is 9.64 Å². The Bertz CT molecular complexity index is 302. The lowest BCUT2D eigenvalue weighted by Crippen LogP contribution is -2.59. The fourth-order valence-corrected chi connectivity index (χ4v) is 2.16. The van der Waals surface area contributed by atoms with E-state index in [1.165, 1.54) is 0 Å². The Labute approximate surface area is 111 Å². The molecule has 0 bridgehead atoms. The van der Waals surface area contributed by atoms with Crippen LogP contribution in [0.25, 0.3) is 0 Å². The second-order valence-corrected chi connectivity index (χ2v) is 7.14. The van der Waals surface area contributed by atoms with Crippen molar-refractivity contribution in [3.05, 3.63) is 0 Å². The lowest BCUT2D eigenvalue weighted by Gasteiger charge is -2.45. The van der Waals surface area contributed by atoms with E-state index in [9.17, 15) is 4.79 Å². The largest absolute Gasteiger partial charge is 0.444 e. The molecule has 0 radical (unpaired) electrons. The van der Waals surface area contributed by atoms with E-state index in [1.54, 1.807) is 0 Å². The van der Waals surface area contributed by atoms with Gasteiger partial charge in [0.1, 0.15) is 5.60 Å². The molecule has 0 N–H and O–H groups in total. The Morgan fingerprint density at radius 1 is 1.11 bits per heavy atom. The predicted octanol–water partition coefficient (Wildman–Crippen LogP) is 2.73. The number of ether oxygens (including phenoxy) is 1. The van der Waals surface area contributed by atoms with Crippen molar-refractivity contribution >= 4 is 6.09 Å². The van der Waals surface area contributed by atoms with Gasteiger partial charge in [-0.1, -0.05) is 0 Å². The molecule has 0 saturated carbocycles. The molecule has 0 aromatic rings. The average Bonchev–Trinajstić information content (AvgIpc) is 2.12. The number of carbonyl (C=O) groups is 1. The van der Waals surface area contributed by atoms with Crippen molar-refractivity contribution in [2.24, 2.45) is 0 Å². The number of hydrogen-bond acceptors (Lipinski definition) is 3. The van der Waals surface area contributed by atoms with Gasteiger partial charge >= 0.3 is 6.09 Å². The zero-order valence-corrected chi connectivity index (χ0v) is 12.9. The Morgan fingerprint density at radius 2 is 1.67 bits per heavy atom. The second kappa shape index (κ2) is 5.08. The Kier molecular flexibility index (Phi) is 4.31. The molecule has 1 rings (SSSR count). The molecular formula is C14H28N2O2. The van der Waals surface area contributed by atoms with E-state index in [1.807, 2.05) is 25.7 Å². The number of amides is 1. The van der Waals surface area contributed by atoms with E-state index in [0.717, 1.165) is 19.6 Å².